The highest BCUT2D eigenvalue weighted by molar-refractivity contribution is 7.99. The second-order valence-electron chi connectivity index (χ2n) is 10.6. The largest absolute Gasteiger partial charge is 0.396 e. The minimum Gasteiger partial charge on any atom is -0.396 e. The Morgan fingerprint density at radius 1 is 1.19 bits per heavy atom. The van der Waals surface area contributed by atoms with Gasteiger partial charge in [0.15, 0.2) is 5.82 Å². The van der Waals surface area contributed by atoms with Gasteiger partial charge in [0.05, 0.1) is 42.1 Å². The van der Waals surface area contributed by atoms with Crippen molar-refractivity contribution in [2.24, 2.45) is 10.8 Å². The Balaban J connectivity index is 1.32. The average molecular weight is 538 g/mol. The van der Waals surface area contributed by atoms with Crippen LogP contribution in [0.5, 0.6) is 0 Å². The monoisotopic (exact) mass is 537 g/mol. The number of halogens is 2. The molecule has 3 fully saturated rings. The first-order valence-electron chi connectivity index (χ1n) is 12.4. The second kappa shape index (κ2) is 10.2. The first kappa shape index (κ1) is 25.9. The molecule has 11 heteroatoms. The molecule has 2 aromatic rings. The fourth-order valence-corrected chi connectivity index (χ4v) is 6.74. The fraction of sp³-hybridized carbons (Fsp3) is 0.640. The number of ether oxygens (including phenoxy) is 1. The van der Waals surface area contributed by atoms with E-state index >= 15 is 0 Å². The number of piperidine rings is 1. The number of aryl methyl sites for hydroxylation is 1. The Bertz CT molecular complexity index is 1110. The predicted octanol–water partition coefficient (Wildman–Crippen LogP) is 3.64. The maximum atomic E-state index is 13.3. The third-order valence-corrected chi connectivity index (χ3v) is 9.38. The van der Waals surface area contributed by atoms with Crippen LogP contribution >= 0.6 is 23.4 Å². The molecular weight excluding hydrogens is 505 g/mol. The average Bonchev–Trinajstić information content (AvgIpc) is 3.22. The van der Waals surface area contributed by atoms with E-state index in [1.807, 2.05) is 17.9 Å². The number of hydrogen-bond acceptors (Lipinski definition) is 9. The van der Waals surface area contributed by atoms with Crippen molar-refractivity contribution in [2.75, 3.05) is 55.9 Å². The Hall–Kier alpha value is -1.72. The highest BCUT2D eigenvalue weighted by Gasteiger charge is 2.44. The molecule has 196 valence electrons. The highest BCUT2D eigenvalue weighted by Crippen LogP contribution is 2.44. The van der Waals surface area contributed by atoms with E-state index in [0.29, 0.717) is 40.8 Å². The molecule has 3 saturated heterocycles. The summed E-state index contributed by atoms with van der Waals surface area (Å²) in [4.78, 5) is 18.9. The molecular formula is C25H33ClFN5O3S. The van der Waals surface area contributed by atoms with Gasteiger partial charge in [0.1, 0.15) is 23.2 Å². The molecule has 0 aliphatic carbocycles. The van der Waals surface area contributed by atoms with Crippen molar-refractivity contribution in [3.05, 3.63) is 28.7 Å². The number of rotatable bonds is 7. The SMILES string of the molecule is Cc1nc(N2CCC3(CC2)CO[C@@H](C)C3)c(CO)nc1Sc1ccnc(N2CC(CO)(CF)C2)c1Cl. The van der Waals surface area contributed by atoms with Crippen molar-refractivity contribution in [3.8, 4) is 0 Å². The van der Waals surface area contributed by atoms with Crippen molar-refractivity contribution in [2.45, 2.75) is 55.7 Å². The van der Waals surface area contributed by atoms with Gasteiger partial charge in [0, 0.05) is 37.3 Å². The van der Waals surface area contributed by atoms with Crippen LogP contribution in [0.25, 0.3) is 0 Å². The van der Waals surface area contributed by atoms with Gasteiger partial charge in [-0.25, -0.2) is 15.0 Å². The van der Waals surface area contributed by atoms with Gasteiger partial charge in [0.25, 0.3) is 0 Å². The van der Waals surface area contributed by atoms with Crippen molar-refractivity contribution in [3.63, 3.8) is 0 Å². The molecule has 5 rings (SSSR count). The van der Waals surface area contributed by atoms with E-state index in [1.54, 1.807) is 6.20 Å². The van der Waals surface area contributed by atoms with Crippen LogP contribution in [0.1, 0.15) is 37.6 Å². The zero-order chi connectivity index (χ0) is 25.5. The molecule has 0 saturated carbocycles. The topological polar surface area (TPSA) is 94.8 Å². The highest BCUT2D eigenvalue weighted by atomic mass is 35.5. The first-order valence-corrected chi connectivity index (χ1v) is 13.6. The van der Waals surface area contributed by atoms with Gasteiger partial charge in [-0.3, -0.25) is 4.39 Å². The van der Waals surface area contributed by atoms with E-state index in [-0.39, 0.29) is 18.6 Å². The zero-order valence-electron chi connectivity index (χ0n) is 20.7. The van der Waals surface area contributed by atoms with Crippen LogP contribution < -0.4 is 9.80 Å². The maximum Gasteiger partial charge on any atom is 0.153 e. The molecule has 36 heavy (non-hydrogen) atoms. The Kier molecular flexibility index (Phi) is 7.35. The third kappa shape index (κ3) is 4.78. The van der Waals surface area contributed by atoms with Gasteiger partial charge in [-0.05, 0) is 44.6 Å². The normalized spacial score (nSPS) is 22.8. The van der Waals surface area contributed by atoms with Crippen molar-refractivity contribution < 1.29 is 19.3 Å². The second-order valence-corrected chi connectivity index (χ2v) is 12.0. The smallest absolute Gasteiger partial charge is 0.153 e. The number of aliphatic hydroxyl groups is 2. The van der Waals surface area contributed by atoms with Gasteiger partial charge in [-0.2, -0.15) is 0 Å². The van der Waals surface area contributed by atoms with Crippen molar-refractivity contribution >= 4 is 35.0 Å². The van der Waals surface area contributed by atoms with Crippen LogP contribution in [-0.4, -0.2) is 77.3 Å². The van der Waals surface area contributed by atoms with E-state index < -0.39 is 12.1 Å². The molecule has 0 amide bonds. The molecule has 8 nitrogen and oxygen atoms in total. The quantitative estimate of drug-likeness (QED) is 0.549. The van der Waals surface area contributed by atoms with Crippen LogP contribution in [-0.2, 0) is 11.3 Å². The van der Waals surface area contributed by atoms with Crippen LogP contribution in [0.15, 0.2) is 22.2 Å². The lowest BCUT2D eigenvalue weighted by Gasteiger charge is -2.48. The maximum absolute atomic E-state index is 13.3. The van der Waals surface area contributed by atoms with Gasteiger partial charge in [-0.1, -0.05) is 23.4 Å². The summed E-state index contributed by atoms with van der Waals surface area (Å²) in [5.41, 5.74) is 0.847. The van der Waals surface area contributed by atoms with Crippen LogP contribution in [0.2, 0.25) is 5.02 Å². The molecule has 1 spiro atoms. The van der Waals surface area contributed by atoms with Crippen LogP contribution in [0.4, 0.5) is 16.0 Å². The number of anilines is 2. The van der Waals surface area contributed by atoms with Crippen LogP contribution in [0.3, 0.4) is 0 Å². The van der Waals surface area contributed by atoms with Crippen LogP contribution in [0, 0.1) is 17.8 Å². The summed E-state index contributed by atoms with van der Waals surface area (Å²) in [7, 11) is 0. The van der Waals surface area contributed by atoms with E-state index in [2.05, 4.69) is 16.8 Å². The van der Waals surface area contributed by atoms with E-state index in [1.165, 1.54) is 11.8 Å². The number of pyridine rings is 1. The summed E-state index contributed by atoms with van der Waals surface area (Å²) >= 11 is 8.07. The lowest BCUT2D eigenvalue weighted by atomic mass is 9.77. The van der Waals surface area contributed by atoms with Gasteiger partial charge in [0.2, 0.25) is 0 Å². The van der Waals surface area contributed by atoms with Gasteiger partial charge >= 0.3 is 0 Å². The third-order valence-electron chi connectivity index (χ3n) is 7.76. The number of aromatic nitrogens is 3. The van der Waals surface area contributed by atoms with E-state index in [0.717, 1.165) is 55.4 Å². The molecule has 0 bridgehead atoms. The Morgan fingerprint density at radius 2 is 1.94 bits per heavy atom. The van der Waals surface area contributed by atoms with Crippen molar-refractivity contribution in [1.29, 1.82) is 0 Å². The Labute approximate surface area is 220 Å². The van der Waals surface area contributed by atoms with Crippen molar-refractivity contribution in [1.82, 2.24) is 15.0 Å². The standard InChI is InChI=1S/C25H33ClFN5O3S/c1-16-9-24(15-35-16)4-7-31(8-5-24)21-18(10-33)30-23(17(2)29-21)36-19-3-6-28-22(20(19)26)32-12-25(11-27,13-32)14-34/h3,6,16,33-34H,4-5,7-15H2,1-2H3/t16-/m0/s1. The minimum atomic E-state index is -0.737. The summed E-state index contributed by atoms with van der Waals surface area (Å²) in [6.07, 6.45) is 5.19. The summed E-state index contributed by atoms with van der Waals surface area (Å²) in [6, 6.07) is 1.81. The van der Waals surface area contributed by atoms with E-state index in [9.17, 15) is 14.6 Å². The molecule has 0 radical (unpaired) electrons. The molecule has 2 N–H and O–H groups in total. The lowest BCUT2D eigenvalue weighted by molar-refractivity contribution is 0.0644. The summed E-state index contributed by atoms with van der Waals surface area (Å²) < 4.78 is 19.2. The lowest BCUT2D eigenvalue weighted by Crippen LogP contribution is -2.60. The first-order chi connectivity index (χ1) is 17.3. The fourth-order valence-electron chi connectivity index (χ4n) is 5.53. The van der Waals surface area contributed by atoms with Gasteiger partial charge in [-0.15, -0.1) is 0 Å². The van der Waals surface area contributed by atoms with E-state index in [4.69, 9.17) is 26.3 Å². The predicted molar refractivity (Wildman–Crippen MR) is 138 cm³/mol. The number of aliphatic hydroxyl groups excluding tert-OH is 2. The summed E-state index contributed by atoms with van der Waals surface area (Å²) in [5, 5.41) is 20.8. The molecule has 0 unspecified atom stereocenters. The summed E-state index contributed by atoms with van der Waals surface area (Å²) in [5.74, 6) is 1.31. The zero-order valence-corrected chi connectivity index (χ0v) is 22.3. The van der Waals surface area contributed by atoms with Gasteiger partial charge < -0.3 is 24.7 Å². The number of alkyl halides is 1. The minimum absolute atomic E-state index is 0.201. The number of nitrogens with zero attached hydrogens (tertiary/aromatic N) is 5. The molecule has 1 atom stereocenters. The molecule has 3 aliphatic rings. The Morgan fingerprint density at radius 3 is 2.56 bits per heavy atom. The summed E-state index contributed by atoms with van der Waals surface area (Å²) in [6.45, 7) is 6.37. The molecule has 2 aromatic heterocycles. The molecule has 5 heterocycles. The number of hydrogen-bond donors (Lipinski definition) is 2. The molecule has 3 aliphatic heterocycles. The molecule has 0 aromatic carbocycles.